The van der Waals surface area contributed by atoms with Crippen LogP contribution < -0.4 is 11.1 Å². The molecule has 112 valence electrons. The van der Waals surface area contributed by atoms with Gasteiger partial charge in [0.2, 0.25) is 5.91 Å². The van der Waals surface area contributed by atoms with Gasteiger partial charge in [-0.25, -0.2) is 0 Å². The molecule has 1 heterocycles. The molecular formula is C16H22N4O. The van der Waals surface area contributed by atoms with Crippen molar-refractivity contribution >= 4 is 5.91 Å². The van der Waals surface area contributed by atoms with Crippen LogP contribution in [0.4, 0.5) is 0 Å². The quantitative estimate of drug-likeness (QED) is 0.729. The van der Waals surface area contributed by atoms with Crippen molar-refractivity contribution in [2.24, 2.45) is 5.73 Å². The molecule has 2 rings (SSSR count). The van der Waals surface area contributed by atoms with E-state index in [-0.39, 0.29) is 5.91 Å². The molecule has 4 N–H and O–H groups in total. The van der Waals surface area contributed by atoms with Crippen molar-refractivity contribution in [1.29, 1.82) is 0 Å². The molecular weight excluding hydrogens is 264 g/mol. The Hall–Kier alpha value is -2.14. The normalized spacial score (nSPS) is 12.1. The van der Waals surface area contributed by atoms with Gasteiger partial charge in [0.25, 0.3) is 0 Å². The number of amides is 1. The van der Waals surface area contributed by atoms with Crippen LogP contribution in [0.1, 0.15) is 31.7 Å². The zero-order chi connectivity index (χ0) is 15.1. The van der Waals surface area contributed by atoms with Crippen molar-refractivity contribution in [2.75, 3.05) is 0 Å². The van der Waals surface area contributed by atoms with Gasteiger partial charge in [0.05, 0.1) is 11.7 Å². The highest BCUT2D eigenvalue weighted by molar-refractivity contribution is 5.81. The molecule has 0 radical (unpaired) electrons. The van der Waals surface area contributed by atoms with E-state index in [0.717, 1.165) is 36.1 Å². The van der Waals surface area contributed by atoms with Crippen LogP contribution in [0.3, 0.4) is 0 Å². The lowest BCUT2D eigenvalue weighted by Gasteiger charge is -2.12. The minimum absolute atomic E-state index is 0.0823. The second-order valence-corrected chi connectivity index (χ2v) is 5.13. The molecule has 1 atom stereocenters. The van der Waals surface area contributed by atoms with E-state index in [1.807, 2.05) is 30.3 Å². The number of hydrogen-bond donors (Lipinski definition) is 3. The summed E-state index contributed by atoms with van der Waals surface area (Å²) >= 11 is 0. The topological polar surface area (TPSA) is 83.8 Å². The molecule has 0 saturated carbocycles. The molecule has 5 nitrogen and oxygen atoms in total. The molecule has 0 spiro atoms. The highest BCUT2D eigenvalue weighted by atomic mass is 16.2. The molecule has 5 heteroatoms. The number of carbonyl (C=O) groups is 1. The van der Waals surface area contributed by atoms with Gasteiger partial charge in [-0.1, -0.05) is 44.0 Å². The van der Waals surface area contributed by atoms with E-state index in [0.29, 0.717) is 6.54 Å². The number of aromatic amines is 1. The number of unbranched alkanes of at least 4 members (excludes halogenated alkanes) is 1. The highest BCUT2D eigenvalue weighted by Gasteiger charge is 2.11. The smallest absolute Gasteiger partial charge is 0.237 e. The molecule has 1 aromatic heterocycles. The third-order valence-electron chi connectivity index (χ3n) is 3.44. The van der Waals surface area contributed by atoms with E-state index in [9.17, 15) is 4.79 Å². The van der Waals surface area contributed by atoms with Crippen LogP contribution in [0.25, 0.3) is 11.3 Å². The number of nitrogens with two attached hydrogens (primary N) is 1. The van der Waals surface area contributed by atoms with Crippen molar-refractivity contribution < 1.29 is 4.79 Å². The minimum Gasteiger partial charge on any atom is -0.351 e. The van der Waals surface area contributed by atoms with Gasteiger partial charge in [-0.2, -0.15) is 5.10 Å². The first-order valence-corrected chi connectivity index (χ1v) is 7.32. The fraction of sp³-hybridized carbons (Fsp3) is 0.375. The predicted molar refractivity (Wildman–Crippen MR) is 83.4 cm³/mol. The Morgan fingerprint density at radius 1 is 1.33 bits per heavy atom. The van der Waals surface area contributed by atoms with Gasteiger partial charge in [-0.3, -0.25) is 9.89 Å². The fourth-order valence-corrected chi connectivity index (χ4v) is 2.09. The number of aromatic nitrogens is 2. The van der Waals surface area contributed by atoms with E-state index in [1.165, 1.54) is 0 Å². The average Bonchev–Trinajstić information content (AvgIpc) is 3.05. The van der Waals surface area contributed by atoms with Crippen molar-refractivity contribution in [1.82, 2.24) is 15.5 Å². The summed E-state index contributed by atoms with van der Waals surface area (Å²) in [6, 6.07) is 9.51. The first-order valence-electron chi connectivity index (χ1n) is 7.32. The zero-order valence-electron chi connectivity index (χ0n) is 12.3. The van der Waals surface area contributed by atoms with Gasteiger partial charge in [0.1, 0.15) is 0 Å². The lowest BCUT2D eigenvalue weighted by atomic mass is 10.1. The largest absolute Gasteiger partial charge is 0.351 e. The van der Waals surface area contributed by atoms with Crippen LogP contribution in [-0.4, -0.2) is 22.1 Å². The number of carbonyl (C=O) groups excluding carboxylic acids is 1. The molecule has 0 fully saturated rings. The first kappa shape index (κ1) is 15.3. The molecule has 0 saturated heterocycles. The molecule has 2 aromatic rings. The Labute approximate surface area is 124 Å². The van der Waals surface area contributed by atoms with Crippen LogP contribution in [0.2, 0.25) is 0 Å². The van der Waals surface area contributed by atoms with Gasteiger partial charge in [0.15, 0.2) is 0 Å². The summed E-state index contributed by atoms with van der Waals surface area (Å²) in [4.78, 5) is 11.8. The first-order chi connectivity index (χ1) is 10.2. The Kier molecular flexibility index (Phi) is 5.51. The summed E-state index contributed by atoms with van der Waals surface area (Å²) in [6.07, 6.45) is 4.49. The van der Waals surface area contributed by atoms with Gasteiger partial charge >= 0.3 is 0 Å². The fourth-order valence-electron chi connectivity index (χ4n) is 2.09. The van der Waals surface area contributed by atoms with Crippen molar-refractivity contribution in [2.45, 2.75) is 38.8 Å². The molecule has 0 aliphatic rings. The van der Waals surface area contributed by atoms with Crippen LogP contribution in [0.5, 0.6) is 0 Å². The van der Waals surface area contributed by atoms with E-state index < -0.39 is 6.04 Å². The summed E-state index contributed by atoms with van der Waals surface area (Å²) in [6.45, 7) is 2.59. The maximum absolute atomic E-state index is 11.8. The van der Waals surface area contributed by atoms with E-state index >= 15 is 0 Å². The van der Waals surface area contributed by atoms with Crippen LogP contribution >= 0.6 is 0 Å². The maximum atomic E-state index is 11.8. The third-order valence-corrected chi connectivity index (χ3v) is 3.44. The van der Waals surface area contributed by atoms with E-state index in [2.05, 4.69) is 22.4 Å². The Morgan fingerprint density at radius 3 is 2.71 bits per heavy atom. The Balaban J connectivity index is 1.85. The molecule has 21 heavy (non-hydrogen) atoms. The monoisotopic (exact) mass is 286 g/mol. The lowest BCUT2D eigenvalue weighted by Crippen LogP contribution is -2.40. The number of rotatable bonds is 7. The number of benzene rings is 1. The number of hydrogen-bond acceptors (Lipinski definition) is 3. The number of nitrogens with one attached hydrogen (secondary N) is 2. The van der Waals surface area contributed by atoms with E-state index in [1.54, 1.807) is 6.20 Å². The summed E-state index contributed by atoms with van der Waals surface area (Å²) < 4.78 is 0. The molecule has 0 aliphatic heterocycles. The number of H-pyrrole nitrogens is 1. The highest BCUT2D eigenvalue weighted by Crippen LogP contribution is 2.16. The minimum atomic E-state index is -0.408. The van der Waals surface area contributed by atoms with Crippen molar-refractivity contribution in [3.63, 3.8) is 0 Å². The van der Waals surface area contributed by atoms with Crippen LogP contribution in [0, 0.1) is 0 Å². The van der Waals surface area contributed by atoms with Crippen LogP contribution in [0.15, 0.2) is 36.5 Å². The summed E-state index contributed by atoms with van der Waals surface area (Å²) in [5.74, 6) is -0.0823. The summed E-state index contributed by atoms with van der Waals surface area (Å²) in [5.41, 5.74) is 8.93. The second kappa shape index (κ2) is 7.59. The van der Waals surface area contributed by atoms with Crippen molar-refractivity contribution in [3.05, 3.63) is 42.1 Å². The average molecular weight is 286 g/mol. The van der Waals surface area contributed by atoms with Crippen LogP contribution in [-0.2, 0) is 11.3 Å². The predicted octanol–water partition coefficient (Wildman–Crippen LogP) is 2.21. The Morgan fingerprint density at radius 2 is 2.10 bits per heavy atom. The maximum Gasteiger partial charge on any atom is 0.237 e. The molecule has 1 amide bonds. The third kappa shape index (κ3) is 4.43. The van der Waals surface area contributed by atoms with Gasteiger partial charge in [0, 0.05) is 12.7 Å². The SMILES string of the molecule is CCCC[C@H](N)C(=O)NCc1ccc(-c2ccn[nH]2)cc1. The second-order valence-electron chi connectivity index (χ2n) is 5.13. The zero-order valence-corrected chi connectivity index (χ0v) is 12.3. The van der Waals surface area contributed by atoms with Gasteiger partial charge in [-0.05, 0) is 23.6 Å². The van der Waals surface area contributed by atoms with E-state index in [4.69, 9.17) is 5.73 Å². The molecule has 0 unspecified atom stereocenters. The van der Waals surface area contributed by atoms with Gasteiger partial charge < -0.3 is 11.1 Å². The molecule has 1 aromatic carbocycles. The van der Waals surface area contributed by atoms with Gasteiger partial charge in [-0.15, -0.1) is 0 Å². The lowest BCUT2D eigenvalue weighted by molar-refractivity contribution is -0.122. The summed E-state index contributed by atoms with van der Waals surface area (Å²) in [5, 5.41) is 9.73. The molecule has 0 bridgehead atoms. The number of nitrogens with zero attached hydrogens (tertiary/aromatic N) is 1. The Bertz CT molecular complexity index is 548. The summed E-state index contributed by atoms with van der Waals surface area (Å²) in [7, 11) is 0. The van der Waals surface area contributed by atoms with Crippen molar-refractivity contribution in [3.8, 4) is 11.3 Å². The standard InChI is InChI=1S/C16H22N4O/c1-2-3-4-14(17)16(21)18-11-12-5-7-13(8-6-12)15-9-10-19-20-15/h5-10,14H,2-4,11,17H2,1H3,(H,18,21)(H,19,20)/t14-/m0/s1. The molecule has 0 aliphatic carbocycles.